The van der Waals surface area contributed by atoms with E-state index < -0.39 is 44.6 Å². The van der Waals surface area contributed by atoms with Crippen LogP contribution >= 0.6 is 27.3 Å². The second-order valence-electron chi connectivity index (χ2n) is 11.9. The minimum absolute atomic E-state index is 0.205. The first-order valence-electron chi connectivity index (χ1n) is 14.0. The first kappa shape index (κ1) is 31.7. The van der Waals surface area contributed by atoms with Crippen LogP contribution in [0.2, 0.25) is 0 Å². The van der Waals surface area contributed by atoms with Crippen LogP contribution in [0.15, 0.2) is 50.5 Å². The van der Waals surface area contributed by atoms with Gasteiger partial charge in [-0.05, 0) is 64.2 Å². The Morgan fingerprint density at radius 3 is 2.47 bits per heavy atom. The molecule has 43 heavy (non-hydrogen) atoms. The van der Waals surface area contributed by atoms with E-state index in [1.54, 1.807) is 33.0 Å². The van der Waals surface area contributed by atoms with Crippen molar-refractivity contribution < 1.29 is 31.9 Å². The second-order valence-corrected chi connectivity index (χ2v) is 15.8. The SMILES string of the molecule is COC(=O)C1=C(C2CCN(S(=O)(=O)C3CC(C(=O)OC(C)(C)C)C3)CC2)NC(c2nccs2)=NC1c1ccc(F)cc1Br. The van der Waals surface area contributed by atoms with Crippen molar-refractivity contribution in [2.45, 2.75) is 63.3 Å². The molecule has 0 radical (unpaired) electrons. The molecule has 0 amide bonds. The molecular formula is C29H34BrFN4O6S2. The fraction of sp³-hybridized carbons (Fsp3) is 0.517. The zero-order valence-corrected chi connectivity index (χ0v) is 27.5. The Bertz CT molecular complexity index is 1560. The average Bonchev–Trinajstić information content (AvgIpc) is 3.45. The number of methoxy groups -OCH3 is 1. The molecule has 14 heteroatoms. The van der Waals surface area contributed by atoms with Gasteiger partial charge in [-0.15, -0.1) is 11.3 Å². The third kappa shape index (κ3) is 6.71. The lowest BCUT2D eigenvalue weighted by Gasteiger charge is -2.40. The summed E-state index contributed by atoms with van der Waals surface area (Å²) in [5.41, 5.74) is 0.845. The number of aliphatic imine (C=N–C) groups is 1. The predicted octanol–water partition coefficient (Wildman–Crippen LogP) is 4.73. The molecule has 3 aliphatic rings. The third-order valence-electron chi connectivity index (χ3n) is 7.85. The highest BCUT2D eigenvalue weighted by Gasteiger charge is 2.47. The van der Waals surface area contributed by atoms with Crippen LogP contribution in [0, 0.1) is 17.7 Å². The van der Waals surface area contributed by atoms with Crippen LogP contribution in [0.25, 0.3) is 0 Å². The molecular weight excluding hydrogens is 663 g/mol. The Kier molecular flexibility index (Phi) is 9.13. The second kappa shape index (κ2) is 12.4. The lowest BCUT2D eigenvalue weighted by Crippen LogP contribution is -2.50. The van der Waals surface area contributed by atoms with Gasteiger partial charge in [0.05, 0.1) is 23.9 Å². The number of thiazole rings is 1. The molecule has 1 aromatic heterocycles. The first-order chi connectivity index (χ1) is 20.3. The van der Waals surface area contributed by atoms with Gasteiger partial charge in [0.25, 0.3) is 0 Å². The van der Waals surface area contributed by atoms with Crippen molar-refractivity contribution in [3.8, 4) is 0 Å². The molecule has 3 heterocycles. The monoisotopic (exact) mass is 696 g/mol. The van der Waals surface area contributed by atoms with E-state index in [1.165, 1.54) is 34.9 Å². The van der Waals surface area contributed by atoms with E-state index in [-0.39, 0.29) is 43.4 Å². The molecule has 1 saturated carbocycles. The van der Waals surface area contributed by atoms with Crippen LogP contribution in [0.3, 0.4) is 0 Å². The average molecular weight is 698 g/mol. The number of carbonyl (C=O) groups is 2. The number of esters is 2. The first-order valence-corrected chi connectivity index (χ1v) is 17.2. The van der Waals surface area contributed by atoms with Crippen molar-refractivity contribution in [1.29, 1.82) is 0 Å². The summed E-state index contributed by atoms with van der Waals surface area (Å²) in [7, 11) is -2.32. The number of carbonyl (C=O) groups excluding carboxylic acids is 2. The molecule has 1 saturated heterocycles. The van der Waals surface area contributed by atoms with Gasteiger partial charge in [-0.1, -0.05) is 22.0 Å². The molecule has 1 atom stereocenters. The van der Waals surface area contributed by atoms with Gasteiger partial charge >= 0.3 is 11.9 Å². The van der Waals surface area contributed by atoms with Crippen molar-refractivity contribution in [3.05, 3.63) is 61.9 Å². The molecule has 232 valence electrons. The molecule has 2 aliphatic heterocycles. The molecule has 1 N–H and O–H groups in total. The van der Waals surface area contributed by atoms with Gasteiger partial charge in [0.15, 0.2) is 10.8 Å². The highest BCUT2D eigenvalue weighted by atomic mass is 79.9. The quantitative estimate of drug-likeness (QED) is 0.412. The minimum atomic E-state index is -3.61. The Morgan fingerprint density at radius 1 is 1.19 bits per heavy atom. The molecule has 1 aliphatic carbocycles. The summed E-state index contributed by atoms with van der Waals surface area (Å²) in [5.74, 6) is -1.52. The van der Waals surface area contributed by atoms with Crippen molar-refractivity contribution >= 4 is 55.1 Å². The molecule has 1 unspecified atom stereocenters. The van der Waals surface area contributed by atoms with Gasteiger partial charge in [-0.3, -0.25) is 9.79 Å². The summed E-state index contributed by atoms with van der Waals surface area (Å²) >= 11 is 4.81. The highest BCUT2D eigenvalue weighted by Crippen LogP contribution is 2.42. The molecule has 10 nitrogen and oxygen atoms in total. The fourth-order valence-corrected chi connectivity index (χ4v) is 8.86. The number of aromatic nitrogens is 1. The summed E-state index contributed by atoms with van der Waals surface area (Å²) in [4.78, 5) is 34.9. The molecule has 1 aromatic carbocycles. The predicted molar refractivity (Wildman–Crippen MR) is 163 cm³/mol. The third-order valence-corrected chi connectivity index (χ3v) is 11.6. The van der Waals surface area contributed by atoms with Crippen molar-refractivity contribution in [2.75, 3.05) is 20.2 Å². The normalized spacial score (nSPS) is 23.7. The van der Waals surface area contributed by atoms with Gasteiger partial charge in [0.1, 0.15) is 17.5 Å². The number of halogens is 2. The van der Waals surface area contributed by atoms with E-state index in [9.17, 15) is 22.4 Å². The lowest BCUT2D eigenvalue weighted by atomic mass is 9.85. The van der Waals surface area contributed by atoms with Crippen LogP contribution < -0.4 is 5.32 Å². The van der Waals surface area contributed by atoms with Gasteiger partial charge < -0.3 is 14.8 Å². The molecule has 5 rings (SSSR count). The highest BCUT2D eigenvalue weighted by molar-refractivity contribution is 9.10. The number of rotatable bonds is 7. The van der Waals surface area contributed by atoms with Crippen LogP contribution in [-0.2, 0) is 29.1 Å². The van der Waals surface area contributed by atoms with Crippen LogP contribution in [0.5, 0.6) is 0 Å². The zero-order chi connectivity index (χ0) is 31.1. The van der Waals surface area contributed by atoms with E-state index in [1.807, 2.05) is 5.38 Å². The largest absolute Gasteiger partial charge is 0.466 e. The summed E-state index contributed by atoms with van der Waals surface area (Å²) in [6.45, 7) is 5.88. The zero-order valence-electron chi connectivity index (χ0n) is 24.3. The lowest BCUT2D eigenvalue weighted by molar-refractivity contribution is -0.162. The van der Waals surface area contributed by atoms with Gasteiger partial charge in [-0.25, -0.2) is 26.9 Å². The van der Waals surface area contributed by atoms with E-state index in [2.05, 4.69) is 26.2 Å². The molecule has 0 spiro atoms. The van der Waals surface area contributed by atoms with E-state index >= 15 is 0 Å². The Hall–Kier alpha value is -2.68. The summed E-state index contributed by atoms with van der Waals surface area (Å²) in [6, 6.07) is 3.41. The number of piperidine rings is 1. The minimum Gasteiger partial charge on any atom is -0.466 e. The maximum Gasteiger partial charge on any atom is 0.338 e. The Morgan fingerprint density at radius 2 is 1.88 bits per heavy atom. The molecule has 0 bridgehead atoms. The number of nitrogens with zero attached hydrogens (tertiary/aromatic N) is 3. The molecule has 2 aromatic rings. The maximum atomic E-state index is 14.0. The number of benzene rings is 1. The van der Waals surface area contributed by atoms with Crippen LogP contribution in [0.1, 0.15) is 63.1 Å². The summed E-state index contributed by atoms with van der Waals surface area (Å²) in [6.07, 6.45) is 3.05. The fourth-order valence-electron chi connectivity index (χ4n) is 5.62. The van der Waals surface area contributed by atoms with E-state index in [0.29, 0.717) is 39.4 Å². The van der Waals surface area contributed by atoms with Gasteiger partial charge in [0.2, 0.25) is 10.0 Å². The summed E-state index contributed by atoms with van der Waals surface area (Å²) in [5, 5.41) is 5.14. The van der Waals surface area contributed by atoms with Gasteiger partial charge in [-0.2, -0.15) is 0 Å². The Labute approximate surface area is 262 Å². The van der Waals surface area contributed by atoms with Crippen LogP contribution in [-0.4, -0.2) is 66.5 Å². The number of sulfonamides is 1. The number of nitrogens with one attached hydrogen (secondary N) is 1. The van der Waals surface area contributed by atoms with E-state index in [0.717, 1.165) is 0 Å². The van der Waals surface area contributed by atoms with Crippen LogP contribution in [0.4, 0.5) is 4.39 Å². The standard InChI is InChI=1S/C29H34BrFN4O6S2/c1-29(2,3)41-27(36)17-13-19(14-17)43(38,39)35-10-7-16(8-11-35)23-22(28(37)40-4)24(20-6-5-18(31)15-21(20)30)34-25(33-23)26-32-9-12-42-26/h5-6,9,12,15-17,19,24H,7-8,10-11,13-14H2,1-4H3,(H,33,34). The maximum absolute atomic E-state index is 14.0. The number of hydrogen-bond donors (Lipinski definition) is 1. The van der Waals surface area contributed by atoms with Crippen molar-refractivity contribution in [1.82, 2.24) is 14.6 Å². The number of ether oxygens (including phenoxy) is 2. The van der Waals surface area contributed by atoms with E-state index in [4.69, 9.17) is 14.5 Å². The smallest absolute Gasteiger partial charge is 0.338 e. The van der Waals surface area contributed by atoms with Gasteiger partial charge in [0, 0.05) is 40.8 Å². The number of amidine groups is 1. The van der Waals surface area contributed by atoms with Crippen molar-refractivity contribution in [2.24, 2.45) is 16.8 Å². The number of allylic oxidation sites excluding steroid dienone is 1. The topological polar surface area (TPSA) is 127 Å². The van der Waals surface area contributed by atoms with Crippen molar-refractivity contribution in [3.63, 3.8) is 0 Å². The summed E-state index contributed by atoms with van der Waals surface area (Å²) < 4.78 is 53.4. The Balaban J connectivity index is 1.38. The number of hydrogen-bond acceptors (Lipinski definition) is 10. The molecule has 2 fully saturated rings.